The summed E-state index contributed by atoms with van der Waals surface area (Å²) in [5, 5.41) is 25.7. The normalized spacial score (nSPS) is 22.4. The van der Waals surface area contributed by atoms with Crippen LogP contribution in [0, 0.1) is 0 Å². The van der Waals surface area contributed by atoms with Crippen LogP contribution < -0.4 is 26.2 Å². The Kier molecular flexibility index (Phi) is 12.5. The zero-order chi connectivity index (χ0) is 41.8. The number of aromatic nitrogens is 3. The molecular weight excluding hydrogens is 775 g/mol. The third-order valence-corrected chi connectivity index (χ3v) is 12.3. The van der Waals surface area contributed by atoms with Gasteiger partial charge in [-0.1, -0.05) is 12.8 Å². The van der Waals surface area contributed by atoms with Crippen molar-refractivity contribution >= 4 is 52.6 Å². The number of aliphatic hydroxyl groups is 1. The number of piperazine rings is 1. The minimum absolute atomic E-state index is 0.0162. The molecule has 320 valence electrons. The van der Waals surface area contributed by atoms with Gasteiger partial charge >= 0.3 is 6.03 Å². The summed E-state index contributed by atoms with van der Waals surface area (Å²) in [6.07, 6.45) is 7.49. The zero-order valence-corrected chi connectivity index (χ0v) is 33.6. The highest BCUT2D eigenvalue weighted by Crippen LogP contribution is 2.38. The van der Waals surface area contributed by atoms with Crippen molar-refractivity contribution in [2.75, 3.05) is 75.8 Å². The first-order valence-corrected chi connectivity index (χ1v) is 21.1. The number of likely N-dealkylation sites (tertiary alicyclic amines) is 1. The lowest BCUT2D eigenvalue weighted by atomic mass is 10.0. The maximum atomic E-state index is 13.5. The number of carbonyl (C=O) groups is 6. The number of carbonyl (C=O) groups excluding carboxylic acids is 6. The van der Waals surface area contributed by atoms with E-state index in [-0.39, 0.29) is 69.1 Å². The number of benzene rings is 1. The van der Waals surface area contributed by atoms with Gasteiger partial charge in [0, 0.05) is 101 Å². The number of amides is 7. The summed E-state index contributed by atoms with van der Waals surface area (Å²) < 4.78 is 7.53. The summed E-state index contributed by atoms with van der Waals surface area (Å²) in [7, 11) is 0. The fraction of sp³-hybridized carbons (Fsp3) is 0.561. The Bertz CT molecular complexity index is 2110. The molecular formula is C41H53N11O8. The summed E-state index contributed by atoms with van der Waals surface area (Å²) in [6, 6.07) is 5.64. The molecule has 2 aromatic heterocycles. The number of piperidine rings is 1. The molecule has 1 aromatic carbocycles. The third kappa shape index (κ3) is 9.07. The van der Waals surface area contributed by atoms with E-state index in [4.69, 9.17) is 4.74 Å². The second kappa shape index (κ2) is 18.3. The van der Waals surface area contributed by atoms with E-state index < -0.39 is 36.0 Å². The van der Waals surface area contributed by atoms with Gasteiger partial charge in [-0.2, -0.15) is 5.10 Å². The molecule has 3 aromatic rings. The molecule has 19 heteroatoms. The van der Waals surface area contributed by atoms with Gasteiger partial charge in [0.1, 0.15) is 12.1 Å². The van der Waals surface area contributed by atoms with E-state index in [1.807, 2.05) is 24.3 Å². The lowest BCUT2D eigenvalue weighted by Gasteiger charge is -2.36. The third-order valence-electron chi connectivity index (χ3n) is 12.3. The van der Waals surface area contributed by atoms with Crippen LogP contribution in [0.2, 0.25) is 0 Å². The van der Waals surface area contributed by atoms with E-state index in [2.05, 4.69) is 41.1 Å². The molecule has 6 heterocycles. The summed E-state index contributed by atoms with van der Waals surface area (Å²) in [5.41, 5.74) is 4.65. The summed E-state index contributed by atoms with van der Waals surface area (Å²) in [5.74, 6) is -1.27. The maximum absolute atomic E-state index is 13.5. The van der Waals surface area contributed by atoms with E-state index in [1.54, 1.807) is 21.8 Å². The number of ether oxygens (including phenoxy) is 1. The molecule has 0 bridgehead atoms. The molecule has 1 unspecified atom stereocenters. The molecule has 4 aliphatic heterocycles. The Hall–Kier alpha value is -5.66. The minimum Gasteiger partial charge on any atom is -0.391 e. The Balaban J connectivity index is 0.702. The van der Waals surface area contributed by atoms with E-state index in [0.29, 0.717) is 36.5 Å². The molecule has 3 saturated heterocycles. The highest BCUT2D eigenvalue weighted by molar-refractivity contribution is 6.05. The smallest absolute Gasteiger partial charge is 0.322 e. The van der Waals surface area contributed by atoms with Gasteiger partial charge in [-0.25, -0.2) is 14.3 Å². The number of β-amino-alcohol motifs (C(OH)–C–C–N with tert-alkyl or cyclic N) is 1. The van der Waals surface area contributed by atoms with Crippen LogP contribution in [0.15, 0.2) is 36.7 Å². The monoisotopic (exact) mass is 827 g/mol. The molecule has 5 N–H and O–H groups in total. The second-order valence-corrected chi connectivity index (χ2v) is 16.2. The minimum atomic E-state index is -0.866. The van der Waals surface area contributed by atoms with Gasteiger partial charge in [0.05, 0.1) is 43.1 Å². The number of aliphatic hydroxyl groups excluding tert-OH is 1. The first-order chi connectivity index (χ1) is 29.1. The van der Waals surface area contributed by atoms with E-state index >= 15 is 0 Å². The van der Waals surface area contributed by atoms with Crippen molar-refractivity contribution in [3.05, 3.63) is 53.5 Å². The Morgan fingerprint density at radius 1 is 0.967 bits per heavy atom. The quantitative estimate of drug-likeness (QED) is 0.111. The van der Waals surface area contributed by atoms with Crippen LogP contribution >= 0.6 is 0 Å². The van der Waals surface area contributed by atoms with Crippen LogP contribution in [-0.2, 0) is 30.5 Å². The molecule has 3 atom stereocenters. The standard InChI is InChI=1S/C41H53N11O8/c53-29-22-33(51(25-29)41(59)46-31-23-44-34-9-11-45-52(34)37(31)26-3-1-2-4-26)38(56)43-13-12-42-35(54)10-19-60-20-18-48-14-16-49(17-15-48)28-5-6-30-27(21-28)24-50(40(30)58)32-7-8-36(55)47-39(32)57/h5-6,9,11,21,23,26,29,32-33,53H,1-4,7-8,10,12-20,22,24-25H2,(H,42,54)(H,43,56)(H,46,59)(H,47,55,57)/t29-,32?,33+/m1/s1. The molecule has 1 aliphatic carbocycles. The van der Waals surface area contributed by atoms with Crippen LogP contribution in [0.3, 0.4) is 0 Å². The van der Waals surface area contributed by atoms with Crippen molar-refractivity contribution in [1.29, 1.82) is 0 Å². The van der Waals surface area contributed by atoms with Gasteiger partial charge in [0.2, 0.25) is 23.6 Å². The summed E-state index contributed by atoms with van der Waals surface area (Å²) >= 11 is 0. The number of urea groups is 1. The number of hydrogen-bond acceptors (Lipinski definition) is 12. The van der Waals surface area contributed by atoms with Gasteiger partial charge in [0.15, 0.2) is 5.65 Å². The molecule has 0 spiro atoms. The number of hydrogen-bond donors (Lipinski definition) is 5. The fourth-order valence-corrected chi connectivity index (χ4v) is 9.09. The van der Waals surface area contributed by atoms with Crippen LogP contribution in [0.5, 0.6) is 0 Å². The maximum Gasteiger partial charge on any atom is 0.322 e. The SMILES string of the molecule is O=C(CCOCCN1CCN(c2ccc3c(c2)CN(C2CCC(=O)NC2=O)C3=O)CC1)NCCNC(=O)[C@@H]1C[C@@H](O)CN1C(=O)Nc1cnc2ccnn2c1C1CCCC1. The van der Waals surface area contributed by atoms with Crippen LogP contribution in [0.1, 0.15) is 78.9 Å². The number of nitrogens with one attached hydrogen (secondary N) is 4. The number of anilines is 2. The lowest BCUT2D eigenvalue weighted by Crippen LogP contribution is -2.52. The molecule has 0 radical (unpaired) electrons. The van der Waals surface area contributed by atoms with Crippen LogP contribution in [-0.4, -0.2) is 154 Å². The average Bonchev–Trinajstić information content (AvgIpc) is 4.07. The predicted octanol–water partition coefficient (Wildman–Crippen LogP) is 0.576. The molecule has 19 nitrogen and oxygen atoms in total. The highest BCUT2D eigenvalue weighted by atomic mass is 16.5. The molecule has 5 aliphatic rings. The van der Waals surface area contributed by atoms with Gasteiger partial charge in [-0.15, -0.1) is 0 Å². The van der Waals surface area contributed by atoms with Crippen LogP contribution in [0.4, 0.5) is 16.2 Å². The fourth-order valence-electron chi connectivity index (χ4n) is 9.09. The molecule has 8 rings (SSSR count). The van der Waals surface area contributed by atoms with Gasteiger partial charge in [0.25, 0.3) is 5.91 Å². The Morgan fingerprint density at radius 3 is 2.57 bits per heavy atom. The van der Waals surface area contributed by atoms with Crippen molar-refractivity contribution < 1.29 is 38.6 Å². The Labute approximate surface area is 347 Å². The molecule has 1 saturated carbocycles. The topological polar surface area (TPSA) is 223 Å². The predicted molar refractivity (Wildman–Crippen MR) is 217 cm³/mol. The van der Waals surface area contributed by atoms with Crippen LogP contribution in [0.25, 0.3) is 5.65 Å². The molecule has 4 fully saturated rings. The van der Waals surface area contributed by atoms with Crippen molar-refractivity contribution in [2.24, 2.45) is 0 Å². The zero-order valence-electron chi connectivity index (χ0n) is 33.6. The second-order valence-electron chi connectivity index (χ2n) is 16.2. The number of nitrogens with zero attached hydrogens (tertiary/aromatic N) is 7. The van der Waals surface area contributed by atoms with Gasteiger partial charge in [-0.3, -0.25) is 34.2 Å². The van der Waals surface area contributed by atoms with E-state index in [9.17, 15) is 33.9 Å². The van der Waals surface area contributed by atoms with E-state index in [1.165, 1.54) is 4.90 Å². The summed E-state index contributed by atoms with van der Waals surface area (Å²) in [4.78, 5) is 88.1. The van der Waals surface area contributed by atoms with Crippen molar-refractivity contribution in [1.82, 2.24) is 45.2 Å². The molecule has 60 heavy (non-hydrogen) atoms. The highest BCUT2D eigenvalue weighted by Gasteiger charge is 2.41. The lowest BCUT2D eigenvalue weighted by molar-refractivity contribution is -0.137. The number of fused-ring (bicyclic) bond motifs is 2. The van der Waals surface area contributed by atoms with E-state index in [0.717, 1.165) is 75.4 Å². The summed E-state index contributed by atoms with van der Waals surface area (Å²) in [6.45, 7) is 5.46. The first kappa shape index (κ1) is 41.1. The van der Waals surface area contributed by atoms with Crippen molar-refractivity contribution in [3.8, 4) is 0 Å². The van der Waals surface area contributed by atoms with Gasteiger partial charge in [-0.05, 0) is 43.0 Å². The largest absolute Gasteiger partial charge is 0.391 e. The van der Waals surface area contributed by atoms with Crippen molar-refractivity contribution in [3.63, 3.8) is 0 Å². The first-order valence-electron chi connectivity index (χ1n) is 21.1. The van der Waals surface area contributed by atoms with Gasteiger partial charge < -0.3 is 40.5 Å². The molecule has 7 amide bonds. The number of rotatable bonds is 14. The number of imide groups is 1. The van der Waals surface area contributed by atoms with Crippen molar-refractivity contribution in [2.45, 2.75) is 82.0 Å². The Morgan fingerprint density at radius 2 is 1.77 bits per heavy atom. The average molecular weight is 828 g/mol.